The maximum Gasteiger partial charge on any atom is 0.426 e. The van der Waals surface area contributed by atoms with Crippen molar-refractivity contribution in [2.75, 3.05) is 6.61 Å². The number of hydrogen-bond acceptors (Lipinski definition) is 7. The molecule has 3 N–H and O–H groups in total. The van der Waals surface area contributed by atoms with Gasteiger partial charge in [-0.25, -0.2) is 9.59 Å². The first-order valence-corrected chi connectivity index (χ1v) is 19.5. The van der Waals surface area contributed by atoms with E-state index in [0.29, 0.717) is 30.6 Å². The van der Waals surface area contributed by atoms with E-state index in [1.807, 2.05) is 26.8 Å². The van der Waals surface area contributed by atoms with Crippen molar-refractivity contribution >= 4 is 37.6 Å². The number of benzene rings is 2. The van der Waals surface area contributed by atoms with Crippen LogP contribution in [0, 0.1) is 5.92 Å². The zero-order valence-corrected chi connectivity index (χ0v) is 30.4. The van der Waals surface area contributed by atoms with Crippen LogP contribution in [0.5, 0.6) is 0 Å². The number of amidine groups is 1. The van der Waals surface area contributed by atoms with Crippen LogP contribution in [-0.2, 0) is 26.6 Å². The van der Waals surface area contributed by atoms with Crippen LogP contribution in [0.15, 0.2) is 59.8 Å². The Morgan fingerprint density at radius 3 is 2.29 bits per heavy atom. The molecule has 3 aromatic rings. The van der Waals surface area contributed by atoms with Gasteiger partial charge in [0.15, 0.2) is 14.2 Å². The fraction of sp³-hybridized carbons (Fsp3) is 0.457. The van der Waals surface area contributed by atoms with Gasteiger partial charge in [0.1, 0.15) is 15.9 Å². The standard InChI is InChI=1S/C35H44F3N3O5SSi/c1-33(2,3)40-32(43)45-28-22(17-18-44-48(7,8)34(4,5)6)19-26-23(28)15-12-16-24(26)30(39)41-46-31(42)27-20-25(21-13-10-9-11-14-21)29(47-27)35(36,37)38/h9-16,20,22,28H,17-19H2,1-8H3,(H2,39,41)(H,40,43)/t22?,28-/m1/s1. The van der Waals surface area contributed by atoms with Gasteiger partial charge in [0, 0.05) is 29.2 Å². The van der Waals surface area contributed by atoms with Gasteiger partial charge in [0.2, 0.25) is 0 Å². The van der Waals surface area contributed by atoms with Gasteiger partial charge in [-0.15, -0.1) is 11.3 Å². The number of alkyl carbamates (subject to hydrolysis) is 1. The lowest BCUT2D eigenvalue weighted by atomic mass is 10.00. The van der Waals surface area contributed by atoms with Gasteiger partial charge < -0.3 is 25.1 Å². The second kappa shape index (κ2) is 14.0. The molecule has 2 aromatic carbocycles. The zero-order chi connectivity index (χ0) is 35.7. The van der Waals surface area contributed by atoms with Gasteiger partial charge in [-0.3, -0.25) is 0 Å². The van der Waals surface area contributed by atoms with Gasteiger partial charge in [0.25, 0.3) is 0 Å². The highest BCUT2D eigenvalue weighted by Crippen LogP contribution is 2.44. The summed E-state index contributed by atoms with van der Waals surface area (Å²) in [5, 5.41) is 6.71. The van der Waals surface area contributed by atoms with Crippen LogP contribution < -0.4 is 11.1 Å². The minimum absolute atomic E-state index is 0.0319. The number of fused-ring (bicyclic) bond motifs is 1. The van der Waals surface area contributed by atoms with Gasteiger partial charge in [-0.1, -0.05) is 74.5 Å². The largest absolute Gasteiger partial charge is 0.441 e. The Bertz CT molecular complexity index is 1660. The number of nitrogens with one attached hydrogen (secondary N) is 1. The lowest BCUT2D eigenvalue weighted by Gasteiger charge is -2.36. The quantitative estimate of drug-likeness (QED) is 0.0756. The molecule has 0 radical (unpaired) electrons. The predicted octanol–water partition coefficient (Wildman–Crippen LogP) is 9.06. The molecule has 0 fully saturated rings. The Kier molecular flexibility index (Phi) is 10.9. The number of nitrogens with two attached hydrogens (primary N) is 1. The van der Waals surface area contributed by atoms with Crippen LogP contribution >= 0.6 is 11.3 Å². The van der Waals surface area contributed by atoms with Crippen molar-refractivity contribution in [3.05, 3.63) is 81.0 Å². The molecule has 48 heavy (non-hydrogen) atoms. The summed E-state index contributed by atoms with van der Waals surface area (Å²) in [7, 11) is -2.02. The molecule has 260 valence electrons. The minimum atomic E-state index is -4.67. The van der Waals surface area contributed by atoms with Crippen LogP contribution in [0.1, 0.15) is 85.3 Å². The number of hydrogen-bond donors (Lipinski definition) is 2. The molecule has 2 atom stereocenters. The summed E-state index contributed by atoms with van der Waals surface area (Å²) >= 11 is 0.284. The molecule has 1 amide bonds. The number of carbonyl (C=O) groups excluding carboxylic acids is 2. The zero-order valence-electron chi connectivity index (χ0n) is 28.6. The number of halogens is 3. The van der Waals surface area contributed by atoms with Crippen molar-refractivity contribution in [3.8, 4) is 11.1 Å². The van der Waals surface area contributed by atoms with Crippen molar-refractivity contribution in [1.82, 2.24) is 5.32 Å². The molecule has 1 aliphatic carbocycles. The third kappa shape index (κ3) is 8.86. The summed E-state index contributed by atoms with van der Waals surface area (Å²) in [5.41, 5.74) is 8.02. The average Bonchev–Trinajstić information content (AvgIpc) is 3.57. The Labute approximate surface area is 285 Å². The maximum atomic E-state index is 13.9. The second-order valence-electron chi connectivity index (χ2n) is 14.5. The number of ether oxygens (including phenoxy) is 1. The molecular formula is C35H44F3N3O5SSi. The second-order valence-corrected chi connectivity index (χ2v) is 20.4. The lowest BCUT2D eigenvalue weighted by Crippen LogP contribution is -2.42. The Morgan fingerprint density at radius 1 is 1.02 bits per heavy atom. The van der Waals surface area contributed by atoms with E-state index in [4.69, 9.17) is 19.7 Å². The fourth-order valence-corrected chi connectivity index (χ4v) is 7.21. The molecule has 1 aliphatic rings. The number of thiophene rings is 1. The molecule has 4 rings (SSSR count). The topological polar surface area (TPSA) is 112 Å². The molecule has 0 saturated carbocycles. The van der Waals surface area contributed by atoms with E-state index < -0.39 is 43.1 Å². The highest BCUT2D eigenvalue weighted by Gasteiger charge is 2.41. The van der Waals surface area contributed by atoms with Crippen molar-refractivity contribution in [3.63, 3.8) is 0 Å². The highest BCUT2D eigenvalue weighted by molar-refractivity contribution is 7.14. The molecule has 1 unspecified atom stereocenters. The summed E-state index contributed by atoms with van der Waals surface area (Å²) < 4.78 is 54.0. The van der Waals surface area contributed by atoms with Crippen LogP contribution in [0.4, 0.5) is 18.0 Å². The van der Waals surface area contributed by atoms with Gasteiger partial charge in [0.05, 0.1) is 0 Å². The number of amides is 1. The summed E-state index contributed by atoms with van der Waals surface area (Å²) in [6.07, 6.45) is -4.71. The molecule has 0 bridgehead atoms. The smallest absolute Gasteiger partial charge is 0.426 e. The number of rotatable bonds is 9. The monoisotopic (exact) mass is 703 g/mol. The van der Waals surface area contributed by atoms with Gasteiger partial charge >= 0.3 is 18.2 Å². The Balaban J connectivity index is 1.58. The van der Waals surface area contributed by atoms with E-state index >= 15 is 0 Å². The molecular weight excluding hydrogens is 660 g/mol. The molecule has 8 nitrogen and oxygen atoms in total. The molecule has 0 spiro atoms. The average molecular weight is 704 g/mol. The molecule has 1 heterocycles. The van der Waals surface area contributed by atoms with Gasteiger partial charge in [-0.2, -0.15) is 13.2 Å². The lowest BCUT2D eigenvalue weighted by molar-refractivity contribution is -0.133. The summed E-state index contributed by atoms with van der Waals surface area (Å²) in [6, 6.07) is 14.5. The number of carbonyl (C=O) groups is 2. The normalized spacial score (nSPS) is 17.2. The van der Waals surface area contributed by atoms with Crippen molar-refractivity contribution in [2.24, 2.45) is 16.8 Å². The molecule has 13 heteroatoms. The first-order chi connectivity index (χ1) is 22.2. The van der Waals surface area contributed by atoms with Crippen LogP contribution in [0.2, 0.25) is 18.1 Å². The van der Waals surface area contributed by atoms with E-state index in [0.717, 1.165) is 17.2 Å². The molecule has 1 aromatic heterocycles. The minimum Gasteiger partial charge on any atom is -0.441 e. The summed E-state index contributed by atoms with van der Waals surface area (Å²) in [6.45, 7) is 16.9. The van der Waals surface area contributed by atoms with Crippen molar-refractivity contribution in [1.29, 1.82) is 0 Å². The first-order valence-electron chi connectivity index (χ1n) is 15.7. The fourth-order valence-electron chi connectivity index (χ4n) is 5.23. The number of nitrogens with zero attached hydrogens (tertiary/aromatic N) is 1. The Morgan fingerprint density at radius 2 is 1.69 bits per heavy atom. The summed E-state index contributed by atoms with van der Waals surface area (Å²) in [5.74, 6) is -1.33. The first kappa shape index (κ1) is 37.1. The predicted molar refractivity (Wildman–Crippen MR) is 184 cm³/mol. The van der Waals surface area contributed by atoms with Crippen LogP contribution in [-0.4, -0.2) is 38.4 Å². The Hall–Kier alpha value is -3.68. The van der Waals surface area contributed by atoms with E-state index in [-0.39, 0.29) is 38.6 Å². The molecule has 0 aliphatic heterocycles. The maximum absolute atomic E-state index is 13.9. The van der Waals surface area contributed by atoms with Crippen molar-refractivity contribution in [2.45, 2.75) is 90.3 Å². The van der Waals surface area contributed by atoms with E-state index in [1.54, 1.807) is 30.3 Å². The number of oxime groups is 1. The van der Waals surface area contributed by atoms with Crippen molar-refractivity contribution < 1.29 is 36.8 Å². The number of alkyl halides is 3. The van der Waals surface area contributed by atoms with E-state index in [2.05, 4.69) is 44.3 Å². The van der Waals surface area contributed by atoms with Gasteiger partial charge in [-0.05, 0) is 74.5 Å². The van der Waals surface area contributed by atoms with E-state index in [1.165, 1.54) is 12.1 Å². The third-order valence-corrected chi connectivity index (χ3v) is 14.4. The SMILES string of the molecule is CC(C)(C)NC(=O)O[C@H]1c2cccc(C(N)=NOC(=O)c3cc(-c4ccccc4)c(C(F)(F)F)s3)c2CC1CCO[Si](C)(C)C(C)(C)C. The highest BCUT2D eigenvalue weighted by atomic mass is 32.1. The van der Waals surface area contributed by atoms with Crippen LogP contribution in [0.25, 0.3) is 11.1 Å². The van der Waals surface area contributed by atoms with E-state index in [9.17, 15) is 22.8 Å². The third-order valence-electron chi connectivity index (χ3n) is 8.66. The molecule has 0 saturated heterocycles. The van der Waals surface area contributed by atoms with Crippen LogP contribution in [0.3, 0.4) is 0 Å². The summed E-state index contributed by atoms with van der Waals surface area (Å²) in [4.78, 5) is 29.7.